The zero-order valence-corrected chi connectivity index (χ0v) is 12.1. The number of rotatable bonds is 8. The third-order valence-corrected chi connectivity index (χ3v) is 3.11. The molecule has 4 nitrogen and oxygen atoms in total. The Morgan fingerprint density at radius 2 is 2.00 bits per heavy atom. The van der Waals surface area contributed by atoms with E-state index in [2.05, 4.69) is 11.9 Å². The molecule has 0 aromatic carbocycles. The molecule has 0 saturated heterocycles. The van der Waals surface area contributed by atoms with E-state index >= 15 is 0 Å². The predicted octanol–water partition coefficient (Wildman–Crippen LogP) is 3.83. The fourth-order valence-electron chi connectivity index (χ4n) is 1.73. The van der Waals surface area contributed by atoms with Gasteiger partial charge in [-0.2, -0.15) is 0 Å². The molecule has 106 valence electrons. The van der Waals surface area contributed by atoms with Gasteiger partial charge < -0.3 is 10.5 Å². The van der Waals surface area contributed by atoms with Crippen LogP contribution in [0.15, 0.2) is 12.3 Å². The summed E-state index contributed by atoms with van der Waals surface area (Å²) in [6, 6.07) is 1.49. The van der Waals surface area contributed by atoms with Crippen LogP contribution >= 0.6 is 11.6 Å². The number of unbranched alkanes of at least 4 members (excludes halogenated alkanes) is 5. The number of nitrogens with two attached hydrogens (primary N) is 1. The fourth-order valence-corrected chi connectivity index (χ4v) is 1.91. The quantitative estimate of drug-likeness (QED) is 0.447. The molecular formula is C14H21ClN2O2. The molecule has 5 heteroatoms. The highest BCUT2D eigenvalue weighted by molar-refractivity contribution is 6.32. The Labute approximate surface area is 119 Å². The van der Waals surface area contributed by atoms with Crippen molar-refractivity contribution in [3.8, 4) is 0 Å². The van der Waals surface area contributed by atoms with Crippen molar-refractivity contribution >= 4 is 23.3 Å². The van der Waals surface area contributed by atoms with Gasteiger partial charge in [-0.3, -0.25) is 0 Å². The van der Waals surface area contributed by atoms with Crippen LogP contribution in [0.5, 0.6) is 0 Å². The highest BCUT2D eigenvalue weighted by Crippen LogP contribution is 2.16. The van der Waals surface area contributed by atoms with Crippen molar-refractivity contribution in [2.45, 2.75) is 45.4 Å². The molecule has 0 amide bonds. The maximum atomic E-state index is 11.8. The minimum Gasteiger partial charge on any atom is -0.462 e. The second-order valence-electron chi connectivity index (χ2n) is 4.51. The van der Waals surface area contributed by atoms with E-state index in [1.807, 2.05) is 0 Å². The zero-order chi connectivity index (χ0) is 14.1. The Bertz CT molecular complexity index is 410. The Hall–Kier alpha value is -1.29. The Morgan fingerprint density at radius 3 is 2.74 bits per heavy atom. The number of hydrogen-bond donors (Lipinski definition) is 1. The molecule has 0 radical (unpaired) electrons. The van der Waals surface area contributed by atoms with Crippen molar-refractivity contribution < 1.29 is 9.53 Å². The van der Waals surface area contributed by atoms with Crippen LogP contribution < -0.4 is 5.73 Å². The Kier molecular flexibility index (Phi) is 7.26. The molecule has 2 N–H and O–H groups in total. The summed E-state index contributed by atoms with van der Waals surface area (Å²) in [4.78, 5) is 15.6. The summed E-state index contributed by atoms with van der Waals surface area (Å²) < 4.78 is 5.15. The van der Waals surface area contributed by atoms with Crippen LogP contribution in [0.3, 0.4) is 0 Å². The van der Waals surface area contributed by atoms with Gasteiger partial charge in [0.15, 0.2) is 0 Å². The van der Waals surface area contributed by atoms with E-state index in [0.29, 0.717) is 12.3 Å². The van der Waals surface area contributed by atoms with Gasteiger partial charge in [-0.25, -0.2) is 9.78 Å². The van der Waals surface area contributed by atoms with Gasteiger partial charge in [0.2, 0.25) is 0 Å². The molecule has 0 saturated carbocycles. The summed E-state index contributed by atoms with van der Waals surface area (Å²) in [6.07, 6.45) is 8.30. The van der Waals surface area contributed by atoms with Crippen LogP contribution in [0.2, 0.25) is 5.15 Å². The standard InChI is InChI=1S/C14H21ClN2O2/c1-2-3-4-5-6-7-8-19-14(18)12-9-11(16)10-17-13(12)15/h9-10H,2-8,16H2,1H3. The van der Waals surface area contributed by atoms with Crippen molar-refractivity contribution in [2.24, 2.45) is 0 Å². The minimum atomic E-state index is -0.460. The summed E-state index contributed by atoms with van der Waals surface area (Å²) in [7, 11) is 0. The number of carbonyl (C=O) groups is 1. The zero-order valence-electron chi connectivity index (χ0n) is 11.3. The molecule has 0 aliphatic rings. The molecule has 0 atom stereocenters. The van der Waals surface area contributed by atoms with E-state index < -0.39 is 5.97 Å². The average Bonchev–Trinajstić information content (AvgIpc) is 2.40. The molecule has 1 aromatic heterocycles. The number of anilines is 1. The number of ether oxygens (including phenoxy) is 1. The first kappa shape index (κ1) is 15.8. The number of pyridine rings is 1. The van der Waals surface area contributed by atoms with Crippen molar-refractivity contribution in [3.63, 3.8) is 0 Å². The lowest BCUT2D eigenvalue weighted by molar-refractivity contribution is 0.0497. The van der Waals surface area contributed by atoms with Crippen LogP contribution in [-0.4, -0.2) is 17.6 Å². The highest BCUT2D eigenvalue weighted by Gasteiger charge is 2.13. The molecule has 0 unspecified atom stereocenters. The lowest BCUT2D eigenvalue weighted by atomic mass is 10.1. The number of nitrogens with zero attached hydrogens (tertiary/aromatic N) is 1. The minimum absolute atomic E-state index is 0.127. The molecule has 0 aliphatic heterocycles. The molecule has 1 rings (SSSR count). The first-order valence-electron chi connectivity index (χ1n) is 6.73. The third-order valence-electron chi connectivity index (χ3n) is 2.81. The summed E-state index contributed by atoms with van der Waals surface area (Å²) in [6.45, 7) is 2.60. The third kappa shape index (κ3) is 5.92. The molecule has 0 bridgehead atoms. The lowest BCUT2D eigenvalue weighted by Crippen LogP contribution is -2.08. The number of halogens is 1. The number of aromatic nitrogens is 1. The molecule has 0 spiro atoms. The monoisotopic (exact) mass is 284 g/mol. The van der Waals surface area contributed by atoms with E-state index in [-0.39, 0.29) is 10.7 Å². The van der Waals surface area contributed by atoms with Gasteiger partial charge in [0, 0.05) is 0 Å². The smallest absolute Gasteiger partial charge is 0.341 e. The summed E-state index contributed by atoms with van der Waals surface area (Å²) in [5, 5.41) is 0.127. The van der Waals surface area contributed by atoms with Gasteiger partial charge >= 0.3 is 5.97 Å². The van der Waals surface area contributed by atoms with Crippen LogP contribution in [0.4, 0.5) is 5.69 Å². The first-order valence-corrected chi connectivity index (χ1v) is 7.11. The number of nitrogen functional groups attached to an aromatic ring is 1. The Balaban J connectivity index is 2.26. The number of carbonyl (C=O) groups excluding carboxylic acids is 1. The summed E-state index contributed by atoms with van der Waals surface area (Å²) in [5.74, 6) is -0.460. The largest absolute Gasteiger partial charge is 0.462 e. The lowest BCUT2D eigenvalue weighted by Gasteiger charge is -2.06. The van der Waals surface area contributed by atoms with E-state index in [4.69, 9.17) is 22.1 Å². The van der Waals surface area contributed by atoms with E-state index in [9.17, 15) is 4.79 Å². The molecular weight excluding hydrogens is 264 g/mol. The van der Waals surface area contributed by atoms with E-state index in [1.54, 1.807) is 0 Å². The second-order valence-corrected chi connectivity index (χ2v) is 4.87. The fraction of sp³-hybridized carbons (Fsp3) is 0.571. The van der Waals surface area contributed by atoms with Crippen LogP contribution in [0.1, 0.15) is 55.8 Å². The normalized spacial score (nSPS) is 10.4. The van der Waals surface area contributed by atoms with Crippen molar-refractivity contribution in [3.05, 3.63) is 23.0 Å². The van der Waals surface area contributed by atoms with E-state index in [1.165, 1.54) is 37.9 Å². The van der Waals surface area contributed by atoms with Gasteiger partial charge in [-0.05, 0) is 12.5 Å². The Morgan fingerprint density at radius 1 is 1.32 bits per heavy atom. The summed E-state index contributed by atoms with van der Waals surface area (Å²) >= 11 is 5.82. The van der Waals surface area contributed by atoms with Crippen molar-refractivity contribution in [2.75, 3.05) is 12.3 Å². The van der Waals surface area contributed by atoms with Crippen LogP contribution in [0, 0.1) is 0 Å². The number of esters is 1. The van der Waals surface area contributed by atoms with Crippen LogP contribution in [-0.2, 0) is 4.74 Å². The van der Waals surface area contributed by atoms with E-state index in [0.717, 1.165) is 12.8 Å². The molecule has 19 heavy (non-hydrogen) atoms. The average molecular weight is 285 g/mol. The maximum absolute atomic E-state index is 11.8. The SMILES string of the molecule is CCCCCCCCOC(=O)c1cc(N)cnc1Cl. The van der Waals surface area contributed by atoms with Gasteiger partial charge in [0.1, 0.15) is 5.15 Å². The summed E-state index contributed by atoms with van der Waals surface area (Å²) in [5.41, 5.74) is 6.19. The molecule has 1 aromatic rings. The number of hydrogen-bond acceptors (Lipinski definition) is 4. The topological polar surface area (TPSA) is 65.2 Å². The van der Waals surface area contributed by atoms with Gasteiger partial charge in [0.05, 0.1) is 24.1 Å². The molecule has 0 aliphatic carbocycles. The van der Waals surface area contributed by atoms with Gasteiger partial charge in [-0.15, -0.1) is 0 Å². The van der Waals surface area contributed by atoms with Crippen LogP contribution in [0.25, 0.3) is 0 Å². The second kappa shape index (κ2) is 8.75. The van der Waals surface area contributed by atoms with Gasteiger partial charge in [-0.1, -0.05) is 50.6 Å². The molecule has 0 fully saturated rings. The van der Waals surface area contributed by atoms with Crippen molar-refractivity contribution in [1.29, 1.82) is 0 Å². The maximum Gasteiger partial charge on any atom is 0.341 e. The van der Waals surface area contributed by atoms with Crippen molar-refractivity contribution in [1.82, 2.24) is 4.98 Å². The first-order chi connectivity index (χ1) is 9.15. The predicted molar refractivity (Wildman–Crippen MR) is 77.3 cm³/mol. The van der Waals surface area contributed by atoms with Gasteiger partial charge in [0.25, 0.3) is 0 Å². The molecule has 1 heterocycles. The highest BCUT2D eigenvalue weighted by atomic mass is 35.5.